The molecule has 0 radical (unpaired) electrons. The molecule has 0 aliphatic heterocycles. The number of nitrogens with zero attached hydrogens (tertiary/aromatic N) is 1. The molecule has 1 rings (SSSR count). The van der Waals surface area contributed by atoms with Crippen LogP contribution in [-0.4, -0.2) is 12.1 Å². The summed E-state index contributed by atoms with van der Waals surface area (Å²) in [4.78, 5) is 12.7. The molecule has 0 amide bonds. The van der Waals surface area contributed by atoms with Crippen molar-refractivity contribution in [1.29, 1.82) is 0 Å². The van der Waals surface area contributed by atoms with Crippen LogP contribution < -0.4 is 15.0 Å². The first-order valence-corrected chi connectivity index (χ1v) is 2.60. The molecule has 0 bridgehead atoms. The first kappa shape index (κ1) is 6.60. The Morgan fingerprint density at radius 3 is 3.00 bits per heavy atom. The lowest BCUT2D eigenvalue weighted by atomic mass is 10.7. The molecule has 0 aliphatic carbocycles. The van der Waals surface area contributed by atoms with Gasteiger partial charge in [-0.2, -0.15) is 0 Å². The van der Waals surface area contributed by atoms with Crippen molar-refractivity contribution in [1.82, 2.24) is 4.98 Å². The van der Waals surface area contributed by atoms with E-state index in [1.54, 1.807) is 0 Å². The molecule has 0 aromatic carbocycles. The number of hydrogen-bond acceptors (Lipinski definition) is 3. The van der Waals surface area contributed by atoms with E-state index >= 15 is 0 Å². The van der Waals surface area contributed by atoms with Gasteiger partial charge in [0.15, 0.2) is 0 Å². The summed E-state index contributed by atoms with van der Waals surface area (Å²) in [6, 6.07) is 0. The number of rotatable bonds is 1. The van der Waals surface area contributed by atoms with Crippen molar-refractivity contribution >= 4 is 0 Å². The lowest BCUT2D eigenvalue weighted by molar-refractivity contribution is -0.613. The van der Waals surface area contributed by atoms with Crippen molar-refractivity contribution in [2.75, 3.05) is 7.11 Å². The van der Waals surface area contributed by atoms with Gasteiger partial charge in [-0.3, -0.25) is 4.79 Å². The van der Waals surface area contributed by atoms with Crippen molar-refractivity contribution in [2.45, 2.75) is 0 Å². The predicted molar refractivity (Wildman–Crippen MR) is 32.6 cm³/mol. The number of aromatic amines is 1. The number of H-pyrrole nitrogens is 1. The van der Waals surface area contributed by atoms with E-state index in [-0.39, 0.29) is 5.88 Å². The van der Waals surface area contributed by atoms with E-state index in [4.69, 9.17) is 0 Å². The van der Waals surface area contributed by atoms with Gasteiger partial charge in [0.05, 0.1) is 7.11 Å². The van der Waals surface area contributed by atoms with Gasteiger partial charge in [0, 0.05) is 0 Å². The first-order chi connectivity index (χ1) is 4.74. The van der Waals surface area contributed by atoms with Gasteiger partial charge in [0.2, 0.25) is 6.20 Å². The van der Waals surface area contributed by atoms with Crippen LogP contribution in [0.25, 0.3) is 0 Å². The van der Waals surface area contributed by atoms with Crippen LogP contribution in [-0.2, 0) is 0 Å². The molecule has 0 atom stereocenters. The van der Waals surface area contributed by atoms with E-state index in [1.807, 2.05) is 0 Å². The highest BCUT2D eigenvalue weighted by Gasteiger charge is 2.02. The quantitative estimate of drug-likeness (QED) is 0.404. The van der Waals surface area contributed by atoms with Crippen LogP contribution in [0.3, 0.4) is 0 Å². The second-order valence-electron chi connectivity index (χ2n) is 1.65. The Hall–Kier alpha value is -1.52. The molecule has 0 unspecified atom stereocenters. The second kappa shape index (κ2) is 2.38. The summed E-state index contributed by atoms with van der Waals surface area (Å²) >= 11 is 0. The number of ether oxygens (including phenoxy) is 1. The smallest absolute Gasteiger partial charge is 0.396 e. The molecule has 54 valence electrons. The van der Waals surface area contributed by atoms with Crippen LogP contribution in [0.1, 0.15) is 0 Å². The predicted octanol–water partition coefficient (Wildman–Crippen LogP) is -0.983. The molecule has 1 N–H and O–H groups in total. The van der Waals surface area contributed by atoms with Gasteiger partial charge in [0.1, 0.15) is 6.20 Å². The summed E-state index contributed by atoms with van der Waals surface area (Å²) in [7, 11) is 1.35. The lowest BCUT2D eigenvalue weighted by Crippen LogP contribution is -2.33. The molecule has 5 heteroatoms. The largest absolute Gasteiger partial charge is 0.616 e. The Labute approximate surface area is 56.5 Å². The number of hydrogen-bond donors (Lipinski definition) is 1. The number of nitrogens with one attached hydrogen (secondary N) is 1. The van der Waals surface area contributed by atoms with Gasteiger partial charge in [-0.1, -0.05) is 0 Å². The van der Waals surface area contributed by atoms with Crippen molar-refractivity contribution < 1.29 is 9.47 Å². The normalized spacial score (nSPS) is 9.30. The van der Waals surface area contributed by atoms with Gasteiger partial charge in [-0.25, -0.2) is 0 Å². The minimum Gasteiger partial charge on any atom is -0.616 e. The van der Waals surface area contributed by atoms with Crippen LogP contribution in [0.2, 0.25) is 0 Å². The maximum absolute atomic E-state index is 10.6. The highest BCUT2D eigenvalue weighted by molar-refractivity contribution is 4.92. The molecule has 1 aromatic heterocycles. The number of aromatic nitrogens is 2. The van der Waals surface area contributed by atoms with E-state index in [0.717, 1.165) is 6.20 Å². The van der Waals surface area contributed by atoms with E-state index < -0.39 is 5.56 Å². The van der Waals surface area contributed by atoms with Gasteiger partial charge in [-0.15, -0.1) is 4.73 Å². The van der Waals surface area contributed by atoms with Gasteiger partial charge >= 0.3 is 11.4 Å². The third-order valence-corrected chi connectivity index (χ3v) is 0.999. The summed E-state index contributed by atoms with van der Waals surface area (Å²) in [5.41, 5.74) is -0.448. The molecular weight excluding hydrogens is 136 g/mol. The highest BCUT2D eigenvalue weighted by atomic mass is 16.5. The van der Waals surface area contributed by atoms with E-state index in [1.165, 1.54) is 13.3 Å². The monoisotopic (exact) mass is 142 g/mol. The SMILES string of the molecule is COc1c[nH]c(=O)c[n+]1[O-]. The van der Waals surface area contributed by atoms with E-state index in [2.05, 4.69) is 9.72 Å². The zero-order chi connectivity index (χ0) is 7.56. The van der Waals surface area contributed by atoms with E-state index in [0.29, 0.717) is 4.73 Å². The Morgan fingerprint density at radius 2 is 2.50 bits per heavy atom. The zero-order valence-corrected chi connectivity index (χ0v) is 5.33. The van der Waals surface area contributed by atoms with Crippen molar-refractivity contribution in [3.05, 3.63) is 28.0 Å². The van der Waals surface area contributed by atoms with Crippen molar-refractivity contribution in [3.63, 3.8) is 0 Å². The van der Waals surface area contributed by atoms with Crippen LogP contribution >= 0.6 is 0 Å². The summed E-state index contributed by atoms with van der Waals surface area (Å²) in [6.07, 6.45) is 2.06. The fourth-order valence-corrected chi connectivity index (χ4v) is 0.553. The molecule has 1 aromatic rings. The van der Waals surface area contributed by atoms with Gasteiger partial charge < -0.3 is 14.9 Å². The fourth-order valence-electron chi connectivity index (χ4n) is 0.553. The Kier molecular flexibility index (Phi) is 1.57. The summed E-state index contributed by atoms with van der Waals surface area (Å²) < 4.78 is 4.94. The maximum atomic E-state index is 10.6. The standard InChI is InChI=1S/C5H6N2O3/c1-10-5-2-6-4(8)3-7(5)9/h2-3H,1H3,(H,6,8). The molecule has 0 aliphatic rings. The molecule has 5 nitrogen and oxygen atoms in total. The van der Waals surface area contributed by atoms with Gasteiger partial charge in [0.25, 0.3) is 0 Å². The lowest BCUT2D eigenvalue weighted by Gasteiger charge is -1.98. The second-order valence-corrected chi connectivity index (χ2v) is 1.65. The summed E-state index contributed by atoms with van der Waals surface area (Å²) in [6.45, 7) is 0. The molecule has 0 fully saturated rings. The fraction of sp³-hybridized carbons (Fsp3) is 0.200. The molecule has 0 saturated heterocycles. The summed E-state index contributed by atoms with van der Waals surface area (Å²) in [5.74, 6) is 0.0691. The average molecular weight is 142 g/mol. The molecular formula is C5H6N2O3. The van der Waals surface area contributed by atoms with Crippen LogP contribution in [0.15, 0.2) is 17.2 Å². The minimum atomic E-state index is -0.448. The Balaban J connectivity index is 3.19. The maximum Gasteiger partial charge on any atom is 0.396 e. The Morgan fingerprint density at radius 1 is 1.80 bits per heavy atom. The molecule has 0 saturated carbocycles. The highest BCUT2D eigenvalue weighted by Crippen LogP contribution is 1.92. The summed E-state index contributed by atoms with van der Waals surface area (Å²) in [5, 5.41) is 10.6. The Bertz CT molecular complexity index is 280. The third kappa shape index (κ3) is 1.07. The van der Waals surface area contributed by atoms with Crippen LogP contribution in [0, 0.1) is 5.21 Å². The zero-order valence-electron chi connectivity index (χ0n) is 5.33. The molecule has 0 spiro atoms. The van der Waals surface area contributed by atoms with Crippen molar-refractivity contribution in [3.8, 4) is 5.88 Å². The molecule has 1 heterocycles. The average Bonchev–Trinajstić information content (AvgIpc) is 1.88. The van der Waals surface area contributed by atoms with Crippen LogP contribution in [0.5, 0.6) is 5.88 Å². The topological polar surface area (TPSA) is 69.0 Å². The third-order valence-electron chi connectivity index (χ3n) is 0.999. The molecule has 10 heavy (non-hydrogen) atoms. The first-order valence-electron chi connectivity index (χ1n) is 2.60. The van der Waals surface area contributed by atoms with E-state index in [9.17, 15) is 10.0 Å². The van der Waals surface area contributed by atoms with Crippen LogP contribution in [0.4, 0.5) is 0 Å². The number of methoxy groups -OCH3 is 1. The van der Waals surface area contributed by atoms with Crippen molar-refractivity contribution in [2.24, 2.45) is 0 Å². The minimum absolute atomic E-state index is 0.0691. The van der Waals surface area contributed by atoms with Gasteiger partial charge in [-0.05, 0) is 0 Å².